The zero-order chi connectivity index (χ0) is 16.1. The summed E-state index contributed by atoms with van der Waals surface area (Å²) in [6, 6.07) is 7.39. The molecule has 2 aromatic rings. The number of thiazole rings is 1. The van der Waals surface area contributed by atoms with Gasteiger partial charge >= 0.3 is 0 Å². The third kappa shape index (κ3) is 3.79. The minimum Gasteiger partial charge on any atom is -0.347 e. The molecule has 0 radical (unpaired) electrons. The lowest BCUT2D eigenvalue weighted by Gasteiger charge is -2.03. The van der Waals surface area contributed by atoms with Gasteiger partial charge in [-0.25, -0.2) is 4.98 Å². The molecule has 114 valence electrons. The number of amides is 2. The van der Waals surface area contributed by atoms with Gasteiger partial charge in [0, 0.05) is 29.6 Å². The molecule has 6 heteroatoms. The minimum absolute atomic E-state index is 0.128. The van der Waals surface area contributed by atoms with Gasteiger partial charge in [0.1, 0.15) is 10.7 Å². The van der Waals surface area contributed by atoms with Crippen molar-refractivity contribution in [1.82, 2.24) is 10.3 Å². The number of aromatic nitrogens is 1. The fourth-order valence-electron chi connectivity index (χ4n) is 1.91. The van der Waals surface area contributed by atoms with Crippen LogP contribution in [-0.4, -0.2) is 23.3 Å². The van der Waals surface area contributed by atoms with E-state index in [0.717, 1.165) is 15.4 Å². The Labute approximate surface area is 133 Å². The molecule has 0 unspecified atom stereocenters. The molecule has 1 heterocycles. The Morgan fingerprint density at radius 1 is 1.41 bits per heavy atom. The molecule has 0 saturated carbocycles. The van der Waals surface area contributed by atoms with E-state index in [1.807, 2.05) is 31.2 Å². The number of carbonyl (C=O) groups excluding carboxylic acids is 2. The van der Waals surface area contributed by atoms with Crippen molar-refractivity contribution in [2.45, 2.75) is 13.8 Å². The largest absolute Gasteiger partial charge is 0.347 e. The molecule has 0 fully saturated rings. The van der Waals surface area contributed by atoms with Gasteiger partial charge in [0.05, 0.1) is 0 Å². The van der Waals surface area contributed by atoms with E-state index in [2.05, 4.69) is 22.2 Å². The maximum atomic E-state index is 12.0. The average molecular weight is 315 g/mol. The topological polar surface area (TPSA) is 71.1 Å². The predicted octanol–water partition coefficient (Wildman–Crippen LogP) is 2.99. The first-order valence-corrected chi connectivity index (χ1v) is 7.57. The van der Waals surface area contributed by atoms with Crippen LogP contribution in [0.25, 0.3) is 10.6 Å². The van der Waals surface area contributed by atoms with Crippen molar-refractivity contribution in [3.63, 3.8) is 0 Å². The second kappa shape index (κ2) is 7.00. The van der Waals surface area contributed by atoms with Crippen LogP contribution in [0.1, 0.15) is 22.3 Å². The van der Waals surface area contributed by atoms with Gasteiger partial charge in [0.25, 0.3) is 5.91 Å². The van der Waals surface area contributed by atoms with Crippen LogP contribution in [-0.2, 0) is 4.79 Å². The Morgan fingerprint density at radius 2 is 2.18 bits per heavy atom. The van der Waals surface area contributed by atoms with Gasteiger partial charge in [0.2, 0.25) is 5.91 Å². The van der Waals surface area contributed by atoms with Crippen molar-refractivity contribution < 1.29 is 9.59 Å². The van der Waals surface area contributed by atoms with Crippen LogP contribution in [0.3, 0.4) is 0 Å². The molecule has 0 spiro atoms. The van der Waals surface area contributed by atoms with Crippen LogP contribution in [0.5, 0.6) is 0 Å². The van der Waals surface area contributed by atoms with Crippen molar-refractivity contribution in [2.24, 2.45) is 0 Å². The number of benzene rings is 1. The zero-order valence-corrected chi connectivity index (χ0v) is 13.3. The summed E-state index contributed by atoms with van der Waals surface area (Å²) in [4.78, 5) is 28.4. The van der Waals surface area contributed by atoms with E-state index in [9.17, 15) is 9.59 Å². The number of rotatable bonds is 5. The molecular weight excluding hydrogens is 298 g/mol. The molecular formula is C16H17N3O2S. The monoisotopic (exact) mass is 315 g/mol. The van der Waals surface area contributed by atoms with Gasteiger partial charge < -0.3 is 10.6 Å². The predicted molar refractivity (Wildman–Crippen MR) is 89.1 cm³/mol. The molecule has 0 aliphatic rings. The van der Waals surface area contributed by atoms with Crippen LogP contribution in [0.2, 0.25) is 0 Å². The van der Waals surface area contributed by atoms with Crippen LogP contribution < -0.4 is 10.6 Å². The zero-order valence-electron chi connectivity index (χ0n) is 12.5. The van der Waals surface area contributed by atoms with E-state index >= 15 is 0 Å². The van der Waals surface area contributed by atoms with Crippen molar-refractivity contribution in [3.8, 4) is 10.6 Å². The maximum Gasteiger partial charge on any atom is 0.271 e. The van der Waals surface area contributed by atoms with Gasteiger partial charge in [-0.15, -0.1) is 17.9 Å². The number of nitrogens with zero attached hydrogens (tertiary/aromatic N) is 1. The summed E-state index contributed by atoms with van der Waals surface area (Å²) in [5, 5.41) is 6.20. The Hall–Kier alpha value is -2.47. The number of nitrogens with one attached hydrogen (secondary N) is 2. The molecule has 1 aromatic heterocycles. The summed E-state index contributed by atoms with van der Waals surface area (Å²) >= 11 is 1.45. The molecule has 0 aliphatic carbocycles. The third-order valence-corrected chi connectivity index (χ3v) is 3.87. The van der Waals surface area contributed by atoms with Crippen LogP contribution in [0.15, 0.2) is 36.9 Å². The van der Waals surface area contributed by atoms with Gasteiger partial charge in [0.15, 0.2) is 0 Å². The normalized spacial score (nSPS) is 10.1. The molecule has 0 saturated heterocycles. The highest BCUT2D eigenvalue weighted by molar-refractivity contribution is 7.15. The summed E-state index contributed by atoms with van der Waals surface area (Å²) in [5.41, 5.74) is 1.99. The Bertz CT molecular complexity index is 722. The van der Waals surface area contributed by atoms with E-state index in [0.29, 0.717) is 17.9 Å². The van der Waals surface area contributed by atoms with Gasteiger partial charge in [-0.3, -0.25) is 9.59 Å². The lowest BCUT2D eigenvalue weighted by molar-refractivity contribution is -0.114. The lowest BCUT2D eigenvalue weighted by Crippen LogP contribution is -2.24. The Morgan fingerprint density at radius 3 is 2.86 bits per heavy atom. The summed E-state index contributed by atoms with van der Waals surface area (Å²) in [6.45, 7) is 7.30. The molecule has 1 aromatic carbocycles. The molecule has 0 bridgehead atoms. The van der Waals surface area contributed by atoms with Crippen molar-refractivity contribution >= 4 is 28.8 Å². The first-order valence-electron chi connectivity index (χ1n) is 6.76. The van der Waals surface area contributed by atoms with E-state index in [-0.39, 0.29) is 11.8 Å². The molecule has 0 atom stereocenters. The first kappa shape index (κ1) is 15.9. The minimum atomic E-state index is -0.210. The first-order chi connectivity index (χ1) is 10.5. The summed E-state index contributed by atoms with van der Waals surface area (Å²) in [6.07, 6.45) is 1.62. The molecule has 2 rings (SSSR count). The number of aryl methyl sites for hydroxylation is 1. The smallest absolute Gasteiger partial charge is 0.271 e. The second-order valence-corrected chi connectivity index (χ2v) is 5.89. The molecule has 0 aliphatic heterocycles. The lowest BCUT2D eigenvalue weighted by atomic mass is 10.2. The van der Waals surface area contributed by atoms with Crippen molar-refractivity contribution in [1.29, 1.82) is 0 Å². The standard InChI is InChI=1S/C16H17N3O2S/c1-4-8-17-15(21)14-10(2)22-16(19-14)12-6-5-7-13(9-12)18-11(3)20/h4-7,9H,1,8H2,2-3H3,(H,17,21)(H,18,20). The summed E-state index contributed by atoms with van der Waals surface area (Å²) in [5.74, 6) is -0.338. The Balaban J connectivity index is 2.28. The fraction of sp³-hybridized carbons (Fsp3) is 0.188. The SMILES string of the molecule is C=CCNC(=O)c1nc(-c2cccc(NC(C)=O)c2)sc1C. The highest BCUT2D eigenvalue weighted by Crippen LogP contribution is 2.29. The molecule has 22 heavy (non-hydrogen) atoms. The van der Waals surface area contributed by atoms with E-state index in [1.165, 1.54) is 18.3 Å². The highest BCUT2D eigenvalue weighted by Gasteiger charge is 2.15. The molecule has 2 amide bonds. The number of anilines is 1. The summed E-state index contributed by atoms with van der Waals surface area (Å²) < 4.78 is 0. The third-order valence-electron chi connectivity index (χ3n) is 2.85. The fourth-order valence-corrected chi connectivity index (χ4v) is 2.82. The van der Waals surface area contributed by atoms with E-state index in [1.54, 1.807) is 6.08 Å². The molecule has 2 N–H and O–H groups in total. The van der Waals surface area contributed by atoms with Crippen LogP contribution in [0, 0.1) is 6.92 Å². The van der Waals surface area contributed by atoms with Gasteiger partial charge in [-0.2, -0.15) is 0 Å². The van der Waals surface area contributed by atoms with Gasteiger partial charge in [-0.05, 0) is 19.1 Å². The van der Waals surface area contributed by atoms with Crippen molar-refractivity contribution in [3.05, 3.63) is 47.5 Å². The van der Waals surface area contributed by atoms with E-state index in [4.69, 9.17) is 0 Å². The van der Waals surface area contributed by atoms with E-state index < -0.39 is 0 Å². The van der Waals surface area contributed by atoms with Crippen molar-refractivity contribution in [2.75, 3.05) is 11.9 Å². The van der Waals surface area contributed by atoms with Crippen LogP contribution in [0.4, 0.5) is 5.69 Å². The quantitative estimate of drug-likeness (QED) is 0.833. The summed E-state index contributed by atoms with van der Waals surface area (Å²) in [7, 11) is 0. The second-order valence-electron chi connectivity index (χ2n) is 4.68. The highest BCUT2D eigenvalue weighted by atomic mass is 32.1. The molecule has 5 nitrogen and oxygen atoms in total. The van der Waals surface area contributed by atoms with Gasteiger partial charge in [-0.1, -0.05) is 18.2 Å². The average Bonchev–Trinajstić information content (AvgIpc) is 2.86. The Kier molecular flexibility index (Phi) is 5.06. The number of hydrogen-bond donors (Lipinski definition) is 2. The number of hydrogen-bond acceptors (Lipinski definition) is 4. The number of carbonyl (C=O) groups is 2. The van der Waals surface area contributed by atoms with Crippen LogP contribution >= 0.6 is 11.3 Å². The maximum absolute atomic E-state index is 12.0.